The molecule has 3 rings (SSSR count). The number of furan rings is 1. The molecular formula is C18H31IN4O. The molecule has 2 aliphatic heterocycles. The average Bonchev–Trinajstić information content (AvgIpc) is 3.25. The van der Waals surface area contributed by atoms with E-state index in [0.29, 0.717) is 0 Å². The lowest BCUT2D eigenvalue weighted by Crippen LogP contribution is -2.41. The molecule has 0 amide bonds. The lowest BCUT2D eigenvalue weighted by atomic mass is 10.1. The molecule has 0 aromatic carbocycles. The molecule has 2 fully saturated rings. The summed E-state index contributed by atoms with van der Waals surface area (Å²) in [5.41, 5.74) is 0. The summed E-state index contributed by atoms with van der Waals surface area (Å²) in [6.07, 6.45) is 8.10. The van der Waals surface area contributed by atoms with E-state index in [1.807, 2.05) is 19.2 Å². The Balaban J connectivity index is 0.00000208. The fourth-order valence-electron chi connectivity index (χ4n) is 3.77. The Morgan fingerprint density at radius 2 is 2.12 bits per heavy atom. The number of nitrogens with zero attached hydrogens (tertiary/aromatic N) is 3. The van der Waals surface area contributed by atoms with Crippen LogP contribution in [0.2, 0.25) is 0 Å². The summed E-state index contributed by atoms with van der Waals surface area (Å²) >= 11 is 0. The largest absolute Gasteiger partial charge is 0.469 e. The van der Waals surface area contributed by atoms with E-state index >= 15 is 0 Å². The summed E-state index contributed by atoms with van der Waals surface area (Å²) in [5, 5.41) is 3.48. The molecule has 1 N–H and O–H groups in total. The van der Waals surface area contributed by atoms with E-state index in [4.69, 9.17) is 4.42 Å². The molecule has 0 bridgehead atoms. The smallest absolute Gasteiger partial charge is 0.193 e. The van der Waals surface area contributed by atoms with E-state index in [9.17, 15) is 0 Å². The van der Waals surface area contributed by atoms with Crippen molar-refractivity contribution in [1.29, 1.82) is 0 Å². The monoisotopic (exact) mass is 446 g/mol. The van der Waals surface area contributed by atoms with Crippen LogP contribution in [0.25, 0.3) is 0 Å². The van der Waals surface area contributed by atoms with E-state index in [-0.39, 0.29) is 24.0 Å². The van der Waals surface area contributed by atoms with Crippen molar-refractivity contribution in [1.82, 2.24) is 15.1 Å². The second-order valence-corrected chi connectivity index (χ2v) is 6.77. The Kier molecular flexibility index (Phi) is 8.38. The maximum Gasteiger partial charge on any atom is 0.193 e. The minimum absolute atomic E-state index is 0. The van der Waals surface area contributed by atoms with Crippen LogP contribution in [0.5, 0.6) is 0 Å². The van der Waals surface area contributed by atoms with Crippen LogP contribution in [0.1, 0.15) is 31.4 Å². The van der Waals surface area contributed by atoms with Gasteiger partial charge >= 0.3 is 0 Å². The third-order valence-corrected chi connectivity index (χ3v) is 5.00. The second kappa shape index (κ2) is 10.3. The Hall–Kier alpha value is -0.760. The fourth-order valence-corrected chi connectivity index (χ4v) is 3.77. The third kappa shape index (κ3) is 5.65. The summed E-state index contributed by atoms with van der Waals surface area (Å²) in [6, 6.07) is 3.96. The summed E-state index contributed by atoms with van der Waals surface area (Å²) in [7, 11) is 1.88. The van der Waals surface area contributed by atoms with Gasteiger partial charge in [0.15, 0.2) is 5.96 Å². The van der Waals surface area contributed by atoms with Crippen molar-refractivity contribution in [3.8, 4) is 0 Å². The van der Waals surface area contributed by atoms with Crippen LogP contribution in [0.3, 0.4) is 0 Å². The van der Waals surface area contributed by atoms with Crippen molar-refractivity contribution in [2.75, 3.05) is 46.3 Å². The fraction of sp³-hybridized carbons (Fsp3) is 0.722. The lowest BCUT2D eigenvalue weighted by molar-refractivity contribution is 0.198. The van der Waals surface area contributed by atoms with Gasteiger partial charge in [-0.1, -0.05) is 6.42 Å². The van der Waals surface area contributed by atoms with E-state index in [1.165, 1.54) is 45.3 Å². The van der Waals surface area contributed by atoms with Crippen LogP contribution in [0.4, 0.5) is 0 Å². The zero-order valence-corrected chi connectivity index (χ0v) is 17.1. The quantitative estimate of drug-likeness (QED) is 0.429. The van der Waals surface area contributed by atoms with Crippen molar-refractivity contribution < 1.29 is 4.42 Å². The number of piperidine rings is 1. The standard InChI is InChI=1S/C18H30N4O.HI/c1-19-18(20-9-7-17-6-5-13-23-17)22-12-8-16(15-22)14-21-10-3-2-4-11-21;/h5-6,13,16H,2-4,7-12,14-15H2,1H3,(H,19,20);1H. The average molecular weight is 446 g/mol. The van der Waals surface area contributed by atoms with E-state index in [0.717, 1.165) is 43.7 Å². The number of rotatable bonds is 5. The zero-order valence-electron chi connectivity index (χ0n) is 14.7. The first kappa shape index (κ1) is 19.6. The first-order valence-electron chi connectivity index (χ1n) is 9.05. The number of nitrogens with one attached hydrogen (secondary N) is 1. The minimum atomic E-state index is 0. The first-order chi connectivity index (χ1) is 11.3. The molecule has 24 heavy (non-hydrogen) atoms. The zero-order chi connectivity index (χ0) is 15.9. The molecule has 0 spiro atoms. The van der Waals surface area contributed by atoms with E-state index in [2.05, 4.69) is 20.1 Å². The number of aliphatic imine (C=N–C) groups is 1. The predicted octanol–water partition coefficient (Wildman–Crippen LogP) is 2.82. The Morgan fingerprint density at radius 1 is 1.29 bits per heavy atom. The summed E-state index contributed by atoms with van der Waals surface area (Å²) in [4.78, 5) is 9.53. The first-order valence-corrected chi connectivity index (χ1v) is 9.05. The molecule has 1 unspecified atom stereocenters. The van der Waals surface area contributed by atoms with Crippen LogP contribution in [-0.4, -0.2) is 62.1 Å². The molecule has 1 atom stereocenters. The Morgan fingerprint density at radius 3 is 2.83 bits per heavy atom. The number of guanidine groups is 1. The summed E-state index contributed by atoms with van der Waals surface area (Å²) in [5.74, 6) is 2.85. The third-order valence-electron chi connectivity index (χ3n) is 5.00. The normalized spacial score (nSPS) is 22.5. The predicted molar refractivity (Wildman–Crippen MR) is 109 cm³/mol. The minimum Gasteiger partial charge on any atom is -0.469 e. The van der Waals surface area contributed by atoms with Gasteiger partial charge in [-0.3, -0.25) is 4.99 Å². The van der Waals surface area contributed by atoms with Crippen LogP contribution in [0, 0.1) is 5.92 Å². The highest BCUT2D eigenvalue weighted by Gasteiger charge is 2.26. The molecule has 2 saturated heterocycles. The highest BCUT2D eigenvalue weighted by molar-refractivity contribution is 14.0. The van der Waals surface area contributed by atoms with Crippen molar-refractivity contribution in [2.45, 2.75) is 32.1 Å². The van der Waals surface area contributed by atoms with Gasteiger partial charge in [-0.05, 0) is 50.4 Å². The maximum atomic E-state index is 5.38. The van der Waals surface area contributed by atoms with Gasteiger partial charge in [0, 0.05) is 39.6 Å². The molecule has 1 aromatic rings. The van der Waals surface area contributed by atoms with Gasteiger partial charge in [-0.15, -0.1) is 24.0 Å². The summed E-state index contributed by atoms with van der Waals surface area (Å²) in [6.45, 7) is 6.99. The van der Waals surface area contributed by atoms with Crippen molar-refractivity contribution in [3.05, 3.63) is 24.2 Å². The SMILES string of the molecule is CN=C(NCCc1ccco1)N1CCC(CN2CCCCC2)C1.I. The molecule has 5 nitrogen and oxygen atoms in total. The van der Waals surface area contributed by atoms with E-state index in [1.54, 1.807) is 6.26 Å². The molecule has 1 aromatic heterocycles. The van der Waals surface area contributed by atoms with Gasteiger partial charge < -0.3 is 19.5 Å². The van der Waals surface area contributed by atoms with Crippen LogP contribution >= 0.6 is 24.0 Å². The molecule has 136 valence electrons. The number of likely N-dealkylation sites (tertiary alicyclic amines) is 2. The Labute approximate surface area is 162 Å². The Bertz CT molecular complexity index is 485. The van der Waals surface area contributed by atoms with Crippen molar-refractivity contribution in [3.63, 3.8) is 0 Å². The molecule has 0 aliphatic carbocycles. The molecule has 0 saturated carbocycles. The van der Waals surface area contributed by atoms with Gasteiger partial charge in [0.25, 0.3) is 0 Å². The molecule has 3 heterocycles. The van der Waals surface area contributed by atoms with Gasteiger partial charge in [-0.25, -0.2) is 0 Å². The summed E-state index contributed by atoms with van der Waals surface area (Å²) < 4.78 is 5.38. The molecule has 2 aliphatic rings. The molecule has 0 radical (unpaired) electrons. The number of hydrogen-bond acceptors (Lipinski definition) is 3. The topological polar surface area (TPSA) is 44.0 Å². The maximum absolute atomic E-state index is 5.38. The van der Waals surface area contributed by atoms with E-state index < -0.39 is 0 Å². The van der Waals surface area contributed by atoms with Crippen LogP contribution in [0.15, 0.2) is 27.8 Å². The van der Waals surface area contributed by atoms with Crippen molar-refractivity contribution >= 4 is 29.9 Å². The van der Waals surface area contributed by atoms with Gasteiger partial charge in [0.2, 0.25) is 0 Å². The highest BCUT2D eigenvalue weighted by atomic mass is 127. The lowest BCUT2D eigenvalue weighted by Gasteiger charge is -2.29. The number of hydrogen-bond donors (Lipinski definition) is 1. The molecule has 6 heteroatoms. The number of halogens is 1. The van der Waals surface area contributed by atoms with Gasteiger partial charge in [-0.2, -0.15) is 0 Å². The molecular weight excluding hydrogens is 415 g/mol. The second-order valence-electron chi connectivity index (χ2n) is 6.77. The van der Waals surface area contributed by atoms with Gasteiger partial charge in [0.1, 0.15) is 5.76 Å². The van der Waals surface area contributed by atoms with Gasteiger partial charge in [0.05, 0.1) is 6.26 Å². The van der Waals surface area contributed by atoms with Crippen LogP contribution < -0.4 is 5.32 Å². The highest BCUT2D eigenvalue weighted by Crippen LogP contribution is 2.19. The van der Waals surface area contributed by atoms with Crippen molar-refractivity contribution in [2.24, 2.45) is 10.9 Å². The van der Waals surface area contributed by atoms with Crippen LogP contribution in [-0.2, 0) is 6.42 Å².